The van der Waals surface area contributed by atoms with Crippen LogP contribution < -0.4 is 5.32 Å². The predicted octanol–water partition coefficient (Wildman–Crippen LogP) is 2.81. The Bertz CT molecular complexity index is 827. The van der Waals surface area contributed by atoms with E-state index in [1.165, 1.54) is 4.31 Å². The minimum Gasteiger partial charge on any atom is -0.326 e. The van der Waals surface area contributed by atoms with Crippen LogP contribution in [-0.4, -0.2) is 42.5 Å². The summed E-state index contributed by atoms with van der Waals surface area (Å²) in [5.41, 5.74) is 1.71. The molecule has 0 saturated carbocycles. The molecule has 1 aromatic carbocycles. The number of rotatable bonds is 5. The molecule has 6 nitrogen and oxygen atoms in total. The van der Waals surface area contributed by atoms with E-state index in [0.29, 0.717) is 25.9 Å². The largest absolute Gasteiger partial charge is 0.326 e. The summed E-state index contributed by atoms with van der Waals surface area (Å²) in [5, 5.41) is 5.78. The van der Waals surface area contributed by atoms with Crippen LogP contribution in [0.1, 0.15) is 19.8 Å². The van der Waals surface area contributed by atoms with Crippen LogP contribution in [0.3, 0.4) is 0 Å². The van der Waals surface area contributed by atoms with Crippen LogP contribution in [0, 0.1) is 5.92 Å². The molecule has 0 spiro atoms. The van der Waals surface area contributed by atoms with Crippen molar-refractivity contribution in [2.24, 2.45) is 5.92 Å². The molecule has 1 aliphatic rings. The summed E-state index contributed by atoms with van der Waals surface area (Å²) in [6.07, 6.45) is 2.86. The molecular formula is C17H21N3O3S2. The highest BCUT2D eigenvalue weighted by atomic mass is 32.2. The van der Waals surface area contributed by atoms with Gasteiger partial charge in [0.2, 0.25) is 15.9 Å². The van der Waals surface area contributed by atoms with Crippen molar-refractivity contribution in [1.29, 1.82) is 0 Å². The number of thiazole rings is 1. The fraction of sp³-hybridized carbons (Fsp3) is 0.412. The molecule has 0 unspecified atom stereocenters. The van der Waals surface area contributed by atoms with Gasteiger partial charge in [0.25, 0.3) is 0 Å². The van der Waals surface area contributed by atoms with Crippen molar-refractivity contribution in [3.63, 3.8) is 0 Å². The average molecular weight is 380 g/mol. The molecule has 1 N–H and O–H groups in total. The van der Waals surface area contributed by atoms with Crippen molar-refractivity contribution in [3.8, 4) is 10.6 Å². The second kappa shape index (κ2) is 7.63. The molecule has 1 fully saturated rings. The van der Waals surface area contributed by atoms with E-state index in [-0.39, 0.29) is 17.6 Å². The zero-order valence-electron chi connectivity index (χ0n) is 14.0. The lowest BCUT2D eigenvalue weighted by Gasteiger charge is -2.30. The average Bonchev–Trinajstić information content (AvgIpc) is 3.17. The Labute approximate surface area is 151 Å². The number of anilines is 1. The normalized spacial score (nSPS) is 16.7. The molecule has 2 aromatic rings. The van der Waals surface area contributed by atoms with E-state index in [1.807, 2.05) is 29.6 Å². The number of aromatic nitrogens is 1. The molecule has 1 amide bonds. The molecule has 1 aliphatic heterocycles. The highest BCUT2D eigenvalue weighted by molar-refractivity contribution is 7.89. The van der Waals surface area contributed by atoms with Crippen LogP contribution in [0.2, 0.25) is 0 Å². The van der Waals surface area contributed by atoms with Crippen LogP contribution in [0.15, 0.2) is 35.8 Å². The van der Waals surface area contributed by atoms with Crippen molar-refractivity contribution in [2.45, 2.75) is 19.8 Å². The van der Waals surface area contributed by atoms with Crippen molar-refractivity contribution < 1.29 is 13.2 Å². The molecule has 25 heavy (non-hydrogen) atoms. The Kier molecular flexibility index (Phi) is 5.51. The third kappa shape index (κ3) is 4.26. The summed E-state index contributed by atoms with van der Waals surface area (Å²) >= 11 is 1.55. The lowest BCUT2D eigenvalue weighted by atomic mass is 9.97. The van der Waals surface area contributed by atoms with Gasteiger partial charge in [-0.3, -0.25) is 4.79 Å². The number of carbonyl (C=O) groups excluding carboxylic acids is 1. The van der Waals surface area contributed by atoms with E-state index in [0.717, 1.165) is 16.3 Å². The minimum absolute atomic E-state index is 0.0511. The third-order valence-electron chi connectivity index (χ3n) is 4.39. The number of piperidine rings is 1. The number of sulfonamides is 1. The lowest BCUT2D eigenvalue weighted by molar-refractivity contribution is -0.120. The Hall–Kier alpha value is -1.77. The summed E-state index contributed by atoms with van der Waals surface area (Å²) < 4.78 is 25.3. The molecule has 1 aromatic heterocycles. The number of hydrogen-bond acceptors (Lipinski definition) is 5. The van der Waals surface area contributed by atoms with Gasteiger partial charge in [-0.1, -0.05) is 12.1 Å². The Balaban J connectivity index is 1.61. The number of nitrogens with zero attached hydrogens (tertiary/aromatic N) is 2. The molecule has 0 radical (unpaired) electrons. The van der Waals surface area contributed by atoms with Crippen LogP contribution in [0.25, 0.3) is 10.6 Å². The van der Waals surface area contributed by atoms with E-state index in [4.69, 9.17) is 0 Å². The second-order valence-electron chi connectivity index (χ2n) is 5.98. The molecule has 134 valence electrons. The standard InChI is InChI=1S/C17H21N3O3S2/c1-2-25(22,23)20-9-6-13(7-10-20)16(21)19-15-5-3-4-14(12-15)17-18-8-11-24-17/h3-5,8,11-13H,2,6-7,9-10H2,1H3,(H,19,21). The maximum absolute atomic E-state index is 12.5. The Morgan fingerprint density at radius 1 is 1.36 bits per heavy atom. The summed E-state index contributed by atoms with van der Waals surface area (Å²) in [5.74, 6) is -0.107. The fourth-order valence-electron chi connectivity index (χ4n) is 2.92. The van der Waals surface area contributed by atoms with Crippen molar-refractivity contribution in [2.75, 3.05) is 24.2 Å². The van der Waals surface area contributed by atoms with Gasteiger partial charge in [0.15, 0.2) is 0 Å². The maximum atomic E-state index is 12.5. The number of carbonyl (C=O) groups is 1. The smallest absolute Gasteiger partial charge is 0.227 e. The maximum Gasteiger partial charge on any atom is 0.227 e. The topological polar surface area (TPSA) is 79.4 Å². The van der Waals surface area contributed by atoms with Gasteiger partial charge in [-0.25, -0.2) is 17.7 Å². The van der Waals surface area contributed by atoms with Gasteiger partial charge in [0.1, 0.15) is 5.01 Å². The third-order valence-corrected chi connectivity index (χ3v) is 7.10. The van der Waals surface area contributed by atoms with E-state index in [9.17, 15) is 13.2 Å². The molecule has 0 atom stereocenters. The van der Waals surface area contributed by atoms with E-state index >= 15 is 0 Å². The van der Waals surface area contributed by atoms with Gasteiger partial charge in [0, 0.05) is 41.8 Å². The van der Waals surface area contributed by atoms with E-state index in [1.54, 1.807) is 24.5 Å². The van der Waals surface area contributed by atoms with Crippen LogP contribution in [0.4, 0.5) is 5.69 Å². The first-order valence-corrected chi connectivity index (χ1v) is 10.8. The summed E-state index contributed by atoms with van der Waals surface area (Å²) in [4.78, 5) is 16.8. The van der Waals surface area contributed by atoms with Crippen molar-refractivity contribution in [1.82, 2.24) is 9.29 Å². The van der Waals surface area contributed by atoms with Gasteiger partial charge in [-0.05, 0) is 31.9 Å². The zero-order valence-corrected chi connectivity index (χ0v) is 15.6. The van der Waals surface area contributed by atoms with E-state index in [2.05, 4.69) is 10.3 Å². The summed E-state index contributed by atoms with van der Waals surface area (Å²) in [6, 6.07) is 7.62. The number of hydrogen-bond donors (Lipinski definition) is 1. The van der Waals surface area contributed by atoms with Gasteiger partial charge < -0.3 is 5.32 Å². The predicted molar refractivity (Wildman–Crippen MR) is 99.9 cm³/mol. The zero-order chi connectivity index (χ0) is 17.9. The quantitative estimate of drug-likeness (QED) is 0.866. The van der Waals surface area contributed by atoms with Gasteiger partial charge in [-0.15, -0.1) is 11.3 Å². The lowest BCUT2D eigenvalue weighted by Crippen LogP contribution is -2.42. The molecule has 2 heterocycles. The van der Waals surface area contributed by atoms with Crippen molar-refractivity contribution >= 4 is 33.0 Å². The Morgan fingerprint density at radius 2 is 2.12 bits per heavy atom. The summed E-state index contributed by atoms with van der Waals surface area (Å²) in [6.45, 7) is 2.46. The first-order valence-electron chi connectivity index (χ1n) is 8.28. The first-order chi connectivity index (χ1) is 12.0. The van der Waals surface area contributed by atoms with Gasteiger partial charge >= 0.3 is 0 Å². The monoisotopic (exact) mass is 379 g/mol. The number of amides is 1. The number of benzene rings is 1. The highest BCUT2D eigenvalue weighted by Gasteiger charge is 2.30. The first kappa shape index (κ1) is 18.0. The molecule has 3 rings (SSSR count). The molecule has 0 bridgehead atoms. The van der Waals surface area contributed by atoms with Crippen LogP contribution in [-0.2, 0) is 14.8 Å². The molecule has 0 aliphatic carbocycles. The van der Waals surface area contributed by atoms with Gasteiger partial charge in [0.05, 0.1) is 5.75 Å². The molecular weight excluding hydrogens is 358 g/mol. The Morgan fingerprint density at radius 3 is 2.76 bits per heavy atom. The number of nitrogens with one attached hydrogen (secondary N) is 1. The molecule has 8 heteroatoms. The van der Waals surface area contributed by atoms with E-state index < -0.39 is 10.0 Å². The summed E-state index contributed by atoms with van der Waals surface area (Å²) in [7, 11) is -3.16. The SMILES string of the molecule is CCS(=O)(=O)N1CCC(C(=O)Nc2cccc(-c3nccs3)c2)CC1. The van der Waals surface area contributed by atoms with Crippen LogP contribution >= 0.6 is 11.3 Å². The second-order valence-corrected chi connectivity index (χ2v) is 9.13. The minimum atomic E-state index is -3.16. The fourth-order valence-corrected chi connectivity index (χ4v) is 4.69. The molecule has 1 saturated heterocycles. The van der Waals surface area contributed by atoms with Crippen LogP contribution in [0.5, 0.6) is 0 Å². The van der Waals surface area contributed by atoms with Crippen molar-refractivity contribution in [3.05, 3.63) is 35.8 Å². The highest BCUT2D eigenvalue weighted by Crippen LogP contribution is 2.26. The van der Waals surface area contributed by atoms with Gasteiger partial charge in [-0.2, -0.15) is 0 Å².